The van der Waals surface area contributed by atoms with Gasteiger partial charge in [-0.1, -0.05) is 67.5 Å². The average molecular weight is 527 g/mol. The normalized spacial score (nSPS) is 12.0. The van der Waals surface area contributed by atoms with E-state index in [1.165, 1.54) is 18.2 Å². The smallest absolute Gasteiger partial charge is 0.262 e. The number of hydrogen-bond acceptors (Lipinski definition) is 7. The molecule has 0 aliphatic carbocycles. The molecule has 9 nitrogen and oxygen atoms in total. The van der Waals surface area contributed by atoms with Crippen molar-refractivity contribution in [2.75, 3.05) is 9.44 Å². The number of rotatable bonds is 9. The van der Waals surface area contributed by atoms with Crippen LogP contribution in [0, 0.1) is 6.92 Å². The Kier molecular flexibility index (Phi) is 7.14. The molecule has 11 heteroatoms. The zero-order valence-electron chi connectivity index (χ0n) is 20.0. The van der Waals surface area contributed by atoms with E-state index in [0.717, 1.165) is 0 Å². The Morgan fingerprint density at radius 1 is 0.861 bits per heavy atom. The highest BCUT2D eigenvalue weighted by Crippen LogP contribution is 2.32. The molecule has 0 fully saturated rings. The lowest BCUT2D eigenvalue weighted by atomic mass is 10.1. The number of nitrogens with zero attached hydrogens (tertiary/aromatic N) is 2. The molecule has 0 amide bonds. The second kappa shape index (κ2) is 10.1. The Morgan fingerprint density at radius 3 is 2.22 bits per heavy atom. The Bertz CT molecular complexity index is 1580. The minimum absolute atomic E-state index is 0.00953. The summed E-state index contributed by atoms with van der Waals surface area (Å²) in [5.41, 5.74) is 1.70. The van der Waals surface area contributed by atoms with Gasteiger partial charge in [0, 0.05) is 11.5 Å². The third kappa shape index (κ3) is 5.92. The van der Waals surface area contributed by atoms with Crippen LogP contribution in [-0.4, -0.2) is 27.0 Å². The fourth-order valence-electron chi connectivity index (χ4n) is 3.50. The molecule has 0 radical (unpaired) electrons. The van der Waals surface area contributed by atoms with E-state index in [9.17, 15) is 16.8 Å². The number of benzene rings is 3. The first-order valence-electron chi connectivity index (χ1n) is 11.1. The van der Waals surface area contributed by atoms with E-state index in [-0.39, 0.29) is 33.8 Å². The Morgan fingerprint density at radius 2 is 1.56 bits per heavy atom. The molecule has 0 bridgehead atoms. The molecule has 188 valence electrons. The second-order valence-electron chi connectivity index (χ2n) is 8.59. The summed E-state index contributed by atoms with van der Waals surface area (Å²) in [6, 6.07) is 19.8. The van der Waals surface area contributed by atoms with Gasteiger partial charge in [-0.15, -0.1) is 0 Å². The van der Waals surface area contributed by atoms with Crippen molar-refractivity contribution in [1.82, 2.24) is 10.1 Å². The maximum atomic E-state index is 13.1. The first kappa shape index (κ1) is 25.4. The van der Waals surface area contributed by atoms with Crippen LogP contribution in [0.4, 0.5) is 11.4 Å². The second-order valence-corrected chi connectivity index (χ2v) is 12.0. The third-order valence-corrected chi connectivity index (χ3v) is 8.08. The monoisotopic (exact) mass is 526 g/mol. The summed E-state index contributed by atoms with van der Waals surface area (Å²) in [4.78, 5) is 4.44. The molecule has 0 spiro atoms. The molecule has 0 atom stereocenters. The van der Waals surface area contributed by atoms with E-state index < -0.39 is 20.0 Å². The number of anilines is 2. The first-order chi connectivity index (χ1) is 17.0. The molecule has 0 aliphatic rings. The van der Waals surface area contributed by atoms with Gasteiger partial charge in [-0.3, -0.25) is 9.44 Å². The van der Waals surface area contributed by atoms with E-state index in [2.05, 4.69) is 19.6 Å². The maximum absolute atomic E-state index is 13.1. The molecular formula is C25H26N4O5S2. The van der Waals surface area contributed by atoms with Crippen LogP contribution in [0.5, 0.6) is 0 Å². The van der Waals surface area contributed by atoms with Gasteiger partial charge >= 0.3 is 0 Å². The van der Waals surface area contributed by atoms with Crippen LogP contribution in [-0.2, 0) is 25.8 Å². The predicted molar refractivity (Wildman–Crippen MR) is 138 cm³/mol. The number of sulfonamides is 2. The molecular weight excluding hydrogens is 500 g/mol. The maximum Gasteiger partial charge on any atom is 0.262 e. The Balaban J connectivity index is 1.74. The quantitative estimate of drug-likeness (QED) is 0.317. The molecule has 4 aromatic rings. The third-order valence-electron chi connectivity index (χ3n) is 5.31. The van der Waals surface area contributed by atoms with Crippen molar-refractivity contribution < 1.29 is 21.4 Å². The summed E-state index contributed by atoms with van der Waals surface area (Å²) < 4.78 is 62.6. The Hall–Kier alpha value is -3.70. The van der Waals surface area contributed by atoms with Crippen molar-refractivity contribution in [2.24, 2.45) is 0 Å². The van der Waals surface area contributed by atoms with Gasteiger partial charge in [0.1, 0.15) is 0 Å². The van der Waals surface area contributed by atoms with Gasteiger partial charge < -0.3 is 4.52 Å². The molecule has 0 aliphatic heterocycles. The zero-order chi connectivity index (χ0) is 25.9. The van der Waals surface area contributed by atoms with E-state index >= 15 is 0 Å². The molecule has 2 N–H and O–H groups in total. The lowest BCUT2D eigenvalue weighted by Crippen LogP contribution is -2.19. The number of nitrogens with one attached hydrogen (secondary N) is 2. The SMILES string of the molecule is Cc1ccccc1S(=O)(=O)Nc1ccc(-c2noc(C(C)C)n2)cc1NS(=O)(=O)Cc1ccccc1. The first-order valence-corrected chi connectivity index (χ1v) is 14.3. The minimum Gasteiger partial charge on any atom is -0.339 e. The molecule has 0 saturated carbocycles. The van der Waals surface area contributed by atoms with Crippen molar-refractivity contribution in [3.05, 3.63) is 89.8 Å². The summed E-state index contributed by atoms with van der Waals surface area (Å²) in [6.07, 6.45) is 0. The van der Waals surface area contributed by atoms with Crippen LogP contribution in [0.3, 0.4) is 0 Å². The van der Waals surface area contributed by atoms with Gasteiger partial charge in [-0.25, -0.2) is 16.8 Å². The number of aromatic nitrogens is 2. The highest BCUT2D eigenvalue weighted by molar-refractivity contribution is 7.93. The van der Waals surface area contributed by atoms with Crippen LogP contribution in [0.1, 0.15) is 36.8 Å². The van der Waals surface area contributed by atoms with Crippen molar-refractivity contribution >= 4 is 31.4 Å². The van der Waals surface area contributed by atoms with Gasteiger partial charge in [0.05, 0.1) is 22.0 Å². The van der Waals surface area contributed by atoms with Crippen LogP contribution in [0.2, 0.25) is 0 Å². The molecule has 0 saturated heterocycles. The van der Waals surface area contributed by atoms with Crippen LogP contribution >= 0.6 is 0 Å². The molecule has 3 aromatic carbocycles. The topological polar surface area (TPSA) is 131 Å². The highest BCUT2D eigenvalue weighted by Gasteiger charge is 2.22. The Labute approximate surface area is 210 Å². The summed E-state index contributed by atoms with van der Waals surface area (Å²) in [6.45, 7) is 5.50. The zero-order valence-corrected chi connectivity index (χ0v) is 21.6. The average Bonchev–Trinajstić information content (AvgIpc) is 3.31. The van der Waals surface area contributed by atoms with Crippen LogP contribution < -0.4 is 9.44 Å². The van der Waals surface area contributed by atoms with Gasteiger partial charge in [0.15, 0.2) is 0 Å². The number of aryl methyl sites for hydroxylation is 1. The summed E-state index contributed by atoms with van der Waals surface area (Å²) in [7, 11) is -7.89. The molecule has 1 aromatic heterocycles. The summed E-state index contributed by atoms with van der Waals surface area (Å²) >= 11 is 0. The fraction of sp³-hybridized carbons (Fsp3) is 0.200. The van der Waals surface area contributed by atoms with Crippen molar-refractivity contribution in [3.63, 3.8) is 0 Å². The summed E-state index contributed by atoms with van der Waals surface area (Å²) in [5.74, 6) is 0.410. The standard InChI is InChI=1S/C25H26N4O5S2/c1-17(2)25-26-24(27-34-25)20-13-14-21(29-36(32,33)23-12-8-7-9-18(23)3)22(15-20)28-35(30,31)16-19-10-5-4-6-11-19/h4-15,17,28-29H,16H2,1-3H3. The van der Waals surface area contributed by atoms with Gasteiger partial charge in [0.25, 0.3) is 10.0 Å². The van der Waals surface area contributed by atoms with E-state index in [1.54, 1.807) is 61.5 Å². The minimum atomic E-state index is -4.00. The van der Waals surface area contributed by atoms with Crippen molar-refractivity contribution in [3.8, 4) is 11.4 Å². The predicted octanol–water partition coefficient (Wildman–Crippen LogP) is 4.91. The fourth-order valence-corrected chi connectivity index (χ4v) is 6.03. The van der Waals surface area contributed by atoms with Gasteiger partial charge in [-0.05, 0) is 42.3 Å². The molecule has 0 unspecified atom stereocenters. The van der Waals surface area contributed by atoms with E-state index in [0.29, 0.717) is 22.6 Å². The largest absolute Gasteiger partial charge is 0.339 e. The summed E-state index contributed by atoms with van der Waals surface area (Å²) in [5, 5.41) is 3.97. The molecule has 4 rings (SSSR count). The van der Waals surface area contributed by atoms with Crippen LogP contribution in [0.15, 0.2) is 82.2 Å². The molecule has 36 heavy (non-hydrogen) atoms. The highest BCUT2D eigenvalue weighted by atomic mass is 32.2. The van der Waals surface area contributed by atoms with Crippen LogP contribution in [0.25, 0.3) is 11.4 Å². The molecule has 1 heterocycles. The lowest BCUT2D eigenvalue weighted by Gasteiger charge is -2.16. The van der Waals surface area contributed by atoms with Crippen molar-refractivity contribution in [1.29, 1.82) is 0 Å². The van der Waals surface area contributed by atoms with E-state index in [4.69, 9.17) is 4.52 Å². The van der Waals surface area contributed by atoms with Gasteiger partial charge in [0.2, 0.25) is 21.7 Å². The van der Waals surface area contributed by atoms with E-state index in [1.807, 2.05) is 13.8 Å². The van der Waals surface area contributed by atoms with Gasteiger partial charge in [-0.2, -0.15) is 4.98 Å². The van der Waals surface area contributed by atoms with Crippen molar-refractivity contribution in [2.45, 2.75) is 37.3 Å². The number of hydrogen-bond donors (Lipinski definition) is 2. The lowest BCUT2D eigenvalue weighted by molar-refractivity contribution is 0.365.